The second-order valence-corrected chi connectivity index (χ2v) is 3.68. The molecular formula is C8H6F12O. The molecule has 0 atom stereocenters. The Balaban J connectivity index is 5.88. The molecule has 0 heterocycles. The summed E-state index contributed by atoms with van der Waals surface area (Å²) in [6.07, 6.45) is -8.93. The van der Waals surface area contributed by atoms with Gasteiger partial charge in [-0.3, -0.25) is 4.74 Å². The Morgan fingerprint density at radius 3 is 1.38 bits per heavy atom. The molecular weight excluding hydrogens is 340 g/mol. The van der Waals surface area contributed by atoms with E-state index < -0.39 is 42.8 Å². The third-order valence-electron chi connectivity index (χ3n) is 2.29. The predicted octanol–water partition coefficient (Wildman–Crippen LogP) is 4.77. The molecule has 0 saturated carbocycles. The van der Waals surface area contributed by atoms with Gasteiger partial charge in [0, 0.05) is 6.42 Å². The first-order valence-electron chi connectivity index (χ1n) is 4.83. The fourth-order valence-corrected chi connectivity index (χ4v) is 1.02. The molecule has 0 unspecified atom stereocenters. The van der Waals surface area contributed by atoms with Gasteiger partial charge in [0.2, 0.25) is 0 Å². The lowest BCUT2D eigenvalue weighted by Crippen LogP contribution is -2.67. The quantitative estimate of drug-likeness (QED) is 0.604. The summed E-state index contributed by atoms with van der Waals surface area (Å²) in [5, 5.41) is 0. The predicted molar refractivity (Wildman–Crippen MR) is 42.1 cm³/mol. The smallest absolute Gasteiger partial charge is 0.253 e. The van der Waals surface area contributed by atoms with Gasteiger partial charge in [-0.2, -0.15) is 52.7 Å². The maximum atomic E-state index is 12.8. The van der Waals surface area contributed by atoms with Gasteiger partial charge in [0.15, 0.2) is 0 Å². The first-order chi connectivity index (χ1) is 8.98. The summed E-state index contributed by atoms with van der Waals surface area (Å²) in [5.41, 5.74) is 0. The second kappa shape index (κ2) is 5.39. The van der Waals surface area contributed by atoms with Crippen molar-refractivity contribution in [3.8, 4) is 0 Å². The van der Waals surface area contributed by atoms with Gasteiger partial charge in [-0.05, 0) is 0 Å². The van der Waals surface area contributed by atoms with E-state index in [-0.39, 0.29) is 6.92 Å². The zero-order chi connectivity index (χ0) is 17.5. The van der Waals surface area contributed by atoms with Crippen LogP contribution >= 0.6 is 0 Å². The van der Waals surface area contributed by atoms with E-state index in [9.17, 15) is 52.7 Å². The number of hydrogen-bond donors (Lipinski definition) is 0. The monoisotopic (exact) mass is 346 g/mol. The Morgan fingerprint density at radius 1 is 0.714 bits per heavy atom. The van der Waals surface area contributed by atoms with Crippen LogP contribution in [0.5, 0.6) is 0 Å². The molecule has 0 aromatic carbocycles. The highest BCUT2D eigenvalue weighted by atomic mass is 19.4. The molecule has 0 saturated heterocycles. The zero-order valence-corrected chi connectivity index (χ0v) is 9.73. The molecule has 0 rings (SSSR count). The number of hydrogen-bond acceptors (Lipinski definition) is 1. The van der Waals surface area contributed by atoms with Crippen molar-refractivity contribution in [1.82, 2.24) is 0 Å². The molecule has 0 amide bonds. The Hall–Kier alpha value is -0.880. The van der Waals surface area contributed by atoms with E-state index in [0.29, 0.717) is 0 Å². The van der Waals surface area contributed by atoms with Crippen LogP contribution in [0.15, 0.2) is 0 Å². The average molecular weight is 346 g/mol. The zero-order valence-electron chi connectivity index (χ0n) is 9.73. The van der Waals surface area contributed by atoms with Gasteiger partial charge < -0.3 is 0 Å². The molecule has 0 fully saturated rings. The summed E-state index contributed by atoms with van der Waals surface area (Å²) in [6, 6.07) is 0. The lowest BCUT2D eigenvalue weighted by atomic mass is 9.96. The number of halogens is 12. The SMILES string of the molecule is CCC(F)(F)C(F)(F)C(F)(F)C(F)(F)C(F)(F)OC(F)F. The highest BCUT2D eigenvalue weighted by Gasteiger charge is 2.86. The first-order valence-corrected chi connectivity index (χ1v) is 4.83. The summed E-state index contributed by atoms with van der Waals surface area (Å²) in [7, 11) is 0. The van der Waals surface area contributed by atoms with Crippen molar-refractivity contribution in [2.45, 2.75) is 49.8 Å². The molecule has 0 radical (unpaired) electrons. The van der Waals surface area contributed by atoms with Gasteiger partial charge >= 0.3 is 36.4 Å². The molecule has 1 nitrogen and oxygen atoms in total. The van der Waals surface area contributed by atoms with Gasteiger partial charge in [-0.1, -0.05) is 6.92 Å². The van der Waals surface area contributed by atoms with Crippen LogP contribution < -0.4 is 0 Å². The normalized spacial score (nSPS) is 15.7. The topological polar surface area (TPSA) is 9.23 Å². The van der Waals surface area contributed by atoms with E-state index in [1.165, 1.54) is 0 Å². The molecule has 128 valence electrons. The Kier molecular flexibility index (Phi) is 5.17. The molecule has 21 heavy (non-hydrogen) atoms. The van der Waals surface area contributed by atoms with Crippen molar-refractivity contribution in [2.24, 2.45) is 0 Å². The van der Waals surface area contributed by atoms with Gasteiger partial charge in [0.25, 0.3) is 0 Å². The third-order valence-corrected chi connectivity index (χ3v) is 2.29. The van der Waals surface area contributed by atoms with Crippen LogP contribution in [0.25, 0.3) is 0 Å². The minimum absolute atomic E-state index is 0.190. The van der Waals surface area contributed by atoms with Crippen LogP contribution in [0.3, 0.4) is 0 Å². The van der Waals surface area contributed by atoms with Gasteiger partial charge in [0.1, 0.15) is 0 Å². The molecule has 0 spiro atoms. The molecule has 0 aromatic rings. The van der Waals surface area contributed by atoms with E-state index in [1.807, 2.05) is 4.74 Å². The van der Waals surface area contributed by atoms with Gasteiger partial charge in [-0.25, -0.2) is 0 Å². The molecule has 0 N–H and O–H groups in total. The number of rotatable bonds is 7. The van der Waals surface area contributed by atoms with Crippen LogP contribution in [-0.4, -0.2) is 36.4 Å². The standard InChI is InChI=1S/C8H6F12O/c1-2-4(11,12)5(13,14)6(15,16)7(17,18)8(19,20)21-3(9)10/h3H,2H2,1H3. The number of alkyl halides is 12. The van der Waals surface area contributed by atoms with Crippen LogP contribution in [0.4, 0.5) is 52.7 Å². The third kappa shape index (κ3) is 3.01. The molecule has 0 aliphatic rings. The molecule has 0 aliphatic carbocycles. The minimum atomic E-state index is -7.38. The van der Waals surface area contributed by atoms with Crippen LogP contribution in [0.2, 0.25) is 0 Å². The molecule has 13 heteroatoms. The Labute approximate surface area is 108 Å². The lowest BCUT2D eigenvalue weighted by Gasteiger charge is -2.38. The average Bonchev–Trinajstić information content (AvgIpc) is 2.26. The Bertz CT molecular complexity index is 362. The van der Waals surface area contributed by atoms with Crippen molar-refractivity contribution in [3.05, 3.63) is 0 Å². The van der Waals surface area contributed by atoms with E-state index in [4.69, 9.17) is 0 Å². The maximum Gasteiger partial charge on any atom is 0.430 e. The highest BCUT2D eigenvalue weighted by molar-refractivity contribution is 5.06. The van der Waals surface area contributed by atoms with E-state index >= 15 is 0 Å². The first kappa shape index (κ1) is 20.1. The molecule has 0 aliphatic heterocycles. The van der Waals surface area contributed by atoms with Crippen LogP contribution in [-0.2, 0) is 4.74 Å². The highest BCUT2D eigenvalue weighted by Crippen LogP contribution is 2.57. The summed E-state index contributed by atoms with van der Waals surface area (Å²) in [4.78, 5) is 0. The van der Waals surface area contributed by atoms with Crippen molar-refractivity contribution >= 4 is 0 Å². The van der Waals surface area contributed by atoms with Crippen molar-refractivity contribution in [2.75, 3.05) is 0 Å². The summed E-state index contributed by atoms with van der Waals surface area (Å²) in [5.74, 6) is -27.5. The number of ether oxygens (including phenoxy) is 1. The molecule has 0 aromatic heterocycles. The fourth-order valence-electron chi connectivity index (χ4n) is 1.02. The fraction of sp³-hybridized carbons (Fsp3) is 1.00. The maximum absolute atomic E-state index is 12.8. The van der Waals surface area contributed by atoms with E-state index in [1.54, 1.807) is 0 Å². The van der Waals surface area contributed by atoms with E-state index in [0.717, 1.165) is 0 Å². The summed E-state index contributed by atoms with van der Waals surface area (Å²) < 4.78 is 152. The van der Waals surface area contributed by atoms with Crippen molar-refractivity contribution in [1.29, 1.82) is 0 Å². The Morgan fingerprint density at radius 2 is 1.10 bits per heavy atom. The molecule has 0 bridgehead atoms. The van der Waals surface area contributed by atoms with Gasteiger partial charge in [0.05, 0.1) is 0 Å². The van der Waals surface area contributed by atoms with Crippen LogP contribution in [0.1, 0.15) is 13.3 Å². The lowest BCUT2D eigenvalue weighted by molar-refractivity contribution is -0.463. The summed E-state index contributed by atoms with van der Waals surface area (Å²) >= 11 is 0. The van der Waals surface area contributed by atoms with Crippen molar-refractivity contribution in [3.63, 3.8) is 0 Å². The minimum Gasteiger partial charge on any atom is -0.253 e. The van der Waals surface area contributed by atoms with E-state index in [2.05, 4.69) is 0 Å². The van der Waals surface area contributed by atoms with Crippen molar-refractivity contribution < 1.29 is 57.4 Å². The largest absolute Gasteiger partial charge is 0.430 e. The van der Waals surface area contributed by atoms with Crippen LogP contribution in [0, 0.1) is 0 Å². The second-order valence-electron chi connectivity index (χ2n) is 3.68. The van der Waals surface area contributed by atoms with Gasteiger partial charge in [-0.15, -0.1) is 0 Å². The summed E-state index contributed by atoms with van der Waals surface area (Å²) in [6.45, 7) is -4.56.